The van der Waals surface area contributed by atoms with E-state index in [0.29, 0.717) is 0 Å². The van der Waals surface area contributed by atoms with E-state index in [1.807, 2.05) is 0 Å². The van der Waals surface area contributed by atoms with Crippen LogP contribution in [0, 0.1) is 0 Å². The van der Waals surface area contributed by atoms with Crippen LogP contribution in [0.15, 0.2) is 0 Å². The summed E-state index contributed by atoms with van der Waals surface area (Å²) in [5, 5.41) is 0. The normalized spacial score (nSPS) is 11.8. The summed E-state index contributed by atoms with van der Waals surface area (Å²) < 4.78 is 8.88. The Bertz CT molecular complexity index is 126. The third kappa shape index (κ3) is 549. The Morgan fingerprint density at radius 1 is 1.10 bits per heavy atom. The van der Waals surface area contributed by atoms with Gasteiger partial charge in [0.1, 0.15) is 0 Å². The smallest absolute Gasteiger partial charge is 0.338 e. The van der Waals surface area contributed by atoms with E-state index in [-0.39, 0.29) is 0 Å². The van der Waals surface area contributed by atoms with E-state index in [4.69, 9.17) is 29.0 Å². The van der Waals surface area contributed by atoms with E-state index >= 15 is 0 Å². The monoisotopic (exact) mass is 228 g/mol. The maximum atomic E-state index is 8.88. The molecule has 0 aromatic rings. The van der Waals surface area contributed by atoms with E-state index in [2.05, 4.69) is 24.1 Å². The van der Waals surface area contributed by atoms with Crippen molar-refractivity contribution in [3.05, 3.63) is 0 Å². The molecule has 0 aliphatic heterocycles. The molecule has 0 fully saturated rings. The van der Waals surface area contributed by atoms with Gasteiger partial charge in [-0.25, -0.2) is 4.57 Å². The van der Waals surface area contributed by atoms with Crippen LogP contribution in [0.3, 0.4) is 0 Å². The lowest BCUT2D eigenvalue weighted by molar-refractivity contribution is 0.275. The maximum absolute atomic E-state index is 8.88. The molecule has 64 valence electrons. The highest BCUT2D eigenvalue weighted by molar-refractivity contribution is 8.59. The molecular formula is H6O6P2S2. The van der Waals surface area contributed by atoms with Gasteiger partial charge in [-0.15, -0.1) is 0 Å². The van der Waals surface area contributed by atoms with Gasteiger partial charge >= 0.3 is 7.82 Å². The van der Waals surface area contributed by atoms with Crippen LogP contribution in [-0.2, 0) is 16.4 Å². The summed E-state index contributed by atoms with van der Waals surface area (Å²) in [6.45, 7) is 0. The Kier molecular flexibility index (Phi) is 6.56. The zero-order chi connectivity index (χ0) is 9.00. The first-order valence-corrected chi connectivity index (χ1v) is 6.99. The molecule has 0 saturated heterocycles. The SMILES string of the molecule is O=P(O)(O)O.OP(O)(=S)S. The fraction of sp³-hybridized carbons (Fsp3) is 0. The fourth-order valence-electron chi connectivity index (χ4n) is 0. The summed E-state index contributed by atoms with van der Waals surface area (Å²) in [4.78, 5) is 37.3. The van der Waals surface area contributed by atoms with Crippen molar-refractivity contribution < 1.29 is 29.0 Å². The molecule has 0 aliphatic rings. The molecule has 6 nitrogen and oxygen atoms in total. The van der Waals surface area contributed by atoms with Crippen molar-refractivity contribution in [1.29, 1.82) is 0 Å². The molecule has 0 unspecified atom stereocenters. The highest BCUT2D eigenvalue weighted by atomic mass is 32.9. The highest BCUT2D eigenvalue weighted by Crippen LogP contribution is 2.39. The Morgan fingerprint density at radius 3 is 1.10 bits per heavy atom. The highest BCUT2D eigenvalue weighted by Gasteiger charge is 2.00. The van der Waals surface area contributed by atoms with Crippen LogP contribution >= 0.6 is 25.8 Å². The van der Waals surface area contributed by atoms with Gasteiger partial charge in [-0.3, -0.25) is 0 Å². The lowest BCUT2D eigenvalue weighted by Crippen LogP contribution is -1.66. The van der Waals surface area contributed by atoms with Crippen LogP contribution in [0.25, 0.3) is 0 Å². The van der Waals surface area contributed by atoms with Crippen molar-refractivity contribution in [2.24, 2.45) is 0 Å². The first-order chi connectivity index (χ1) is 4.00. The molecule has 0 heterocycles. The van der Waals surface area contributed by atoms with E-state index in [1.165, 1.54) is 0 Å². The molecular weight excluding hydrogens is 222 g/mol. The largest absolute Gasteiger partial charge is 0.466 e. The first-order valence-electron chi connectivity index (χ1n) is 1.57. The van der Waals surface area contributed by atoms with Crippen molar-refractivity contribution >= 4 is 37.6 Å². The molecule has 0 saturated carbocycles. The quantitative estimate of drug-likeness (QED) is 0.237. The molecule has 0 spiro atoms. The minimum atomic E-state index is -4.64. The van der Waals surface area contributed by atoms with Crippen LogP contribution in [0.2, 0.25) is 0 Å². The van der Waals surface area contributed by atoms with Crippen LogP contribution in [0.5, 0.6) is 0 Å². The summed E-state index contributed by atoms with van der Waals surface area (Å²) in [6.07, 6.45) is 0. The number of hydrogen-bond donors (Lipinski definition) is 6. The molecule has 10 heteroatoms. The molecule has 0 radical (unpaired) electrons. The minimum Gasteiger partial charge on any atom is -0.338 e. The molecule has 5 N–H and O–H groups in total. The van der Waals surface area contributed by atoms with Crippen molar-refractivity contribution in [2.45, 2.75) is 0 Å². The lowest BCUT2D eigenvalue weighted by Gasteiger charge is -1.88. The molecule has 0 bridgehead atoms. The third-order valence-corrected chi connectivity index (χ3v) is 0. The van der Waals surface area contributed by atoms with Gasteiger partial charge in [0.25, 0.3) is 0 Å². The first kappa shape index (κ1) is 13.6. The van der Waals surface area contributed by atoms with Gasteiger partial charge in [0, 0.05) is 0 Å². The average Bonchev–Trinajstić information content (AvgIpc) is 1.12. The number of phosphoric acid groups is 1. The Hall–Kier alpha value is 1.03. The average molecular weight is 228 g/mol. The summed E-state index contributed by atoms with van der Waals surface area (Å²) in [5.41, 5.74) is -3.11. The van der Waals surface area contributed by atoms with Crippen LogP contribution in [0.1, 0.15) is 0 Å². The number of thiol groups is 1. The summed E-state index contributed by atoms with van der Waals surface area (Å²) in [5.74, 6) is 0. The summed E-state index contributed by atoms with van der Waals surface area (Å²) >= 11 is 7.07. The Labute approximate surface area is 67.1 Å². The van der Waals surface area contributed by atoms with Gasteiger partial charge in [0.15, 0.2) is 0 Å². The van der Waals surface area contributed by atoms with E-state index < -0.39 is 13.5 Å². The van der Waals surface area contributed by atoms with Crippen LogP contribution in [0.4, 0.5) is 0 Å². The molecule has 0 aliphatic carbocycles. The van der Waals surface area contributed by atoms with Crippen LogP contribution < -0.4 is 0 Å². The van der Waals surface area contributed by atoms with Gasteiger partial charge in [0.2, 0.25) is 5.69 Å². The zero-order valence-electron chi connectivity index (χ0n) is 4.39. The predicted octanol–water partition coefficient (Wildman–Crippen LogP) is -0.803. The summed E-state index contributed by atoms with van der Waals surface area (Å²) in [7, 11) is -4.64. The third-order valence-electron chi connectivity index (χ3n) is 0. The number of rotatable bonds is 0. The zero-order valence-corrected chi connectivity index (χ0v) is 7.89. The summed E-state index contributed by atoms with van der Waals surface area (Å²) in [6, 6.07) is 0. The van der Waals surface area contributed by atoms with Gasteiger partial charge < -0.3 is 24.5 Å². The minimum absolute atomic E-state index is 3.11. The van der Waals surface area contributed by atoms with Crippen molar-refractivity contribution in [3.8, 4) is 0 Å². The van der Waals surface area contributed by atoms with Gasteiger partial charge in [-0.1, -0.05) is 12.2 Å². The standard InChI is InChI=1S/H3O4P.H3O2PS2/c1-5(2,3)4;1-3(2,4)5/h(H3,1,2,3,4);(H3,1,2,4,5). The Balaban J connectivity index is 0. The molecule has 10 heavy (non-hydrogen) atoms. The second-order valence-corrected chi connectivity index (χ2v) is 7.09. The van der Waals surface area contributed by atoms with Crippen molar-refractivity contribution in [3.63, 3.8) is 0 Å². The van der Waals surface area contributed by atoms with Gasteiger partial charge in [-0.05, 0) is 11.8 Å². The lowest BCUT2D eigenvalue weighted by atomic mass is 15.8. The molecule has 0 aromatic carbocycles. The fourth-order valence-corrected chi connectivity index (χ4v) is 0. The topological polar surface area (TPSA) is 118 Å². The molecule has 0 aromatic heterocycles. The second kappa shape index (κ2) is 4.82. The van der Waals surface area contributed by atoms with Crippen molar-refractivity contribution in [2.75, 3.05) is 0 Å². The van der Waals surface area contributed by atoms with Gasteiger partial charge in [0.05, 0.1) is 0 Å². The van der Waals surface area contributed by atoms with Crippen molar-refractivity contribution in [1.82, 2.24) is 0 Å². The molecule has 0 amide bonds. The van der Waals surface area contributed by atoms with Crippen LogP contribution in [-0.4, -0.2) is 24.5 Å². The van der Waals surface area contributed by atoms with E-state index in [1.54, 1.807) is 0 Å². The number of hydrogen-bond acceptors (Lipinski definition) is 2. The maximum Gasteiger partial charge on any atom is 0.466 e. The van der Waals surface area contributed by atoms with E-state index in [9.17, 15) is 0 Å². The molecule has 0 atom stereocenters. The Morgan fingerprint density at radius 2 is 1.10 bits per heavy atom. The van der Waals surface area contributed by atoms with E-state index in [0.717, 1.165) is 0 Å². The second-order valence-electron chi connectivity index (χ2n) is 1.03. The molecule has 0 rings (SSSR count). The van der Waals surface area contributed by atoms with Gasteiger partial charge in [-0.2, -0.15) is 0 Å². The predicted molar refractivity (Wildman–Crippen MR) is 42.0 cm³/mol.